The van der Waals surface area contributed by atoms with Gasteiger partial charge in [-0.05, 0) is 46.1 Å². The predicted molar refractivity (Wildman–Crippen MR) is 79.1 cm³/mol. The van der Waals surface area contributed by atoms with Gasteiger partial charge in [0.25, 0.3) is 0 Å². The number of pyridine rings is 1. The zero-order chi connectivity index (χ0) is 13.7. The summed E-state index contributed by atoms with van der Waals surface area (Å²) in [7, 11) is 4.29. The van der Waals surface area contributed by atoms with Crippen molar-refractivity contribution in [3.8, 4) is 0 Å². The van der Waals surface area contributed by atoms with E-state index in [2.05, 4.69) is 53.3 Å². The van der Waals surface area contributed by atoms with Crippen molar-refractivity contribution in [1.29, 1.82) is 0 Å². The van der Waals surface area contributed by atoms with Crippen molar-refractivity contribution in [2.24, 2.45) is 0 Å². The standard InChI is InChI=1S/C15H26N4/c1-13-7-9-16-10-15(12-18(2)3)19(13)11-14-6-4-5-8-17-14/h4-6,8,13,15-16H,7,9-12H2,1-3H3. The highest BCUT2D eigenvalue weighted by Gasteiger charge is 2.26. The zero-order valence-corrected chi connectivity index (χ0v) is 12.3. The van der Waals surface area contributed by atoms with Gasteiger partial charge in [-0.25, -0.2) is 0 Å². The fourth-order valence-electron chi connectivity index (χ4n) is 2.78. The maximum Gasteiger partial charge on any atom is 0.0544 e. The molecule has 0 bridgehead atoms. The number of likely N-dealkylation sites (N-methyl/N-ethyl adjacent to an activating group) is 1. The van der Waals surface area contributed by atoms with Gasteiger partial charge < -0.3 is 10.2 Å². The van der Waals surface area contributed by atoms with Crippen molar-refractivity contribution in [1.82, 2.24) is 20.1 Å². The summed E-state index contributed by atoms with van der Waals surface area (Å²) in [5.74, 6) is 0. The minimum Gasteiger partial charge on any atom is -0.315 e. The van der Waals surface area contributed by atoms with Crippen LogP contribution < -0.4 is 5.32 Å². The summed E-state index contributed by atoms with van der Waals surface area (Å²) in [6.45, 7) is 6.55. The SMILES string of the molecule is CC1CCNCC(CN(C)C)N1Cc1ccccn1. The van der Waals surface area contributed by atoms with E-state index in [0.717, 1.165) is 26.2 Å². The molecule has 1 aromatic heterocycles. The highest BCUT2D eigenvalue weighted by molar-refractivity contribution is 5.04. The van der Waals surface area contributed by atoms with Crippen LogP contribution in [-0.2, 0) is 6.54 Å². The Balaban J connectivity index is 2.10. The average molecular weight is 262 g/mol. The molecule has 1 fully saturated rings. The predicted octanol–water partition coefficient (Wildman–Crippen LogP) is 1.20. The quantitative estimate of drug-likeness (QED) is 0.883. The third-order valence-electron chi connectivity index (χ3n) is 3.80. The molecule has 1 aliphatic rings. The summed E-state index contributed by atoms with van der Waals surface area (Å²) in [6.07, 6.45) is 3.09. The monoisotopic (exact) mass is 262 g/mol. The molecule has 2 rings (SSSR count). The van der Waals surface area contributed by atoms with Gasteiger partial charge in [-0.1, -0.05) is 6.07 Å². The van der Waals surface area contributed by atoms with E-state index >= 15 is 0 Å². The molecule has 2 heterocycles. The van der Waals surface area contributed by atoms with E-state index in [0.29, 0.717) is 12.1 Å². The normalized spacial score (nSPS) is 25.5. The Kier molecular flexibility index (Phi) is 5.31. The highest BCUT2D eigenvalue weighted by Crippen LogP contribution is 2.16. The molecule has 1 N–H and O–H groups in total. The van der Waals surface area contributed by atoms with Gasteiger partial charge in [-0.2, -0.15) is 0 Å². The van der Waals surface area contributed by atoms with Gasteiger partial charge in [0.05, 0.1) is 5.69 Å². The van der Waals surface area contributed by atoms with Gasteiger partial charge in [0.15, 0.2) is 0 Å². The third-order valence-corrected chi connectivity index (χ3v) is 3.80. The molecule has 0 radical (unpaired) electrons. The lowest BCUT2D eigenvalue weighted by atomic mass is 10.1. The molecule has 4 heteroatoms. The minimum atomic E-state index is 0.550. The first-order chi connectivity index (χ1) is 9.16. The van der Waals surface area contributed by atoms with E-state index in [1.54, 1.807) is 0 Å². The lowest BCUT2D eigenvalue weighted by Gasteiger charge is -2.35. The highest BCUT2D eigenvalue weighted by atomic mass is 15.3. The number of rotatable bonds is 4. The van der Waals surface area contributed by atoms with E-state index in [9.17, 15) is 0 Å². The molecular formula is C15H26N4. The van der Waals surface area contributed by atoms with E-state index in [-0.39, 0.29) is 0 Å². The summed E-state index contributed by atoms with van der Waals surface area (Å²) in [6, 6.07) is 7.33. The van der Waals surface area contributed by atoms with Gasteiger partial charge in [0, 0.05) is 37.9 Å². The summed E-state index contributed by atoms with van der Waals surface area (Å²) in [5, 5.41) is 3.56. The van der Waals surface area contributed by atoms with Gasteiger partial charge in [-0.3, -0.25) is 9.88 Å². The smallest absolute Gasteiger partial charge is 0.0544 e. The Morgan fingerprint density at radius 1 is 1.42 bits per heavy atom. The Labute approximate surface area is 116 Å². The topological polar surface area (TPSA) is 31.4 Å². The van der Waals surface area contributed by atoms with Crippen molar-refractivity contribution < 1.29 is 0 Å². The van der Waals surface area contributed by atoms with E-state index in [4.69, 9.17) is 0 Å². The summed E-state index contributed by atoms with van der Waals surface area (Å²) in [4.78, 5) is 9.35. The van der Waals surface area contributed by atoms with Gasteiger partial charge >= 0.3 is 0 Å². The zero-order valence-electron chi connectivity index (χ0n) is 12.3. The van der Waals surface area contributed by atoms with Crippen LogP contribution in [0.2, 0.25) is 0 Å². The maximum absolute atomic E-state index is 4.48. The molecule has 0 saturated carbocycles. The summed E-state index contributed by atoms with van der Waals surface area (Å²) in [5.41, 5.74) is 1.17. The molecule has 19 heavy (non-hydrogen) atoms. The molecular weight excluding hydrogens is 236 g/mol. The van der Waals surface area contributed by atoms with E-state index in [1.165, 1.54) is 12.1 Å². The minimum absolute atomic E-state index is 0.550. The molecule has 2 unspecified atom stereocenters. The maximum atomic E-state index is 4.48. The van der Waals surface area contributed by atoms with Gasteiger partial charge in [0.2, 0.25) is 0 Å². The second-order valence-electron chi connectivity index (χ2n) is 5.75. The molecule has 0 amide bonds. The third kappa shape index (κ3) is 4.27. The van der Waals surface area contributed by atoms with Crippen LogP contribution in [0, 0.1) is 0 Å². The lowest BCUT2D eigenvalue weighted by molar-refractivity contribution is 0.119. The molecule has 1 aliphatic heterocycles. The Bertz CT molecular complexity index is 366. The Morgan fingerprint density at radius 2 is 2.26 bits per heavy atom. The first-order valence-corrected chi connectivity index (χ1v) is 7.18. The average Bonchev–Trinajstić information content (AvgIpc) is 2.55. The van der Waals surface area contributed by atoms with Crippen molar-refractivity contribution in [2.75, 3.05) is 33.7 Å². The van der Waals surface area contributed by atoms with Crippen LogP contribution in [0.4, 0.5) is 0 Å². The van der Waals surface area contributed by atoms with Crippen molar-refractivity contribution in [3.05, 3.63) is 30.1 Å². The van der Waals surface area contributed by atoms with E-state index < -0.39 is 0 Å². The second kappa shape index (κ2) is 6.98. The Hall–Kier alpha value is -0.970. The number of hydrogen-bond acceptors (Lipinski definition) is 4. The molecule has 106 valence electrons. The molecule has 4 nitrogen and oxygen atoms in total. The summed E-state index contributed by atoms with van der Waals surface area (Å²) >= 11 is 0. The largest absolute Gasteiger partial charge is 0.315 e. The molecule has 0 aromatic carbocycles. The number of aromatic nitrogens is 1. The van der Waals surface area contributed by atoms with Crippen LogP contribution in [0.15, 0.2) is 24.4 Å². The van der Waals surface area contributed by atoms with Crippen LogP contribution in [0.25, 0.3) is 0 Å². The number of nitrogens with one attached hydrogen (secondary N) is 1. The van der Waals surface area contributed by atoms with E-state index in [1.807, 2.05) is 12.3 Å². The molecule has 2 atom stereocenters. The van der Waals surface area contributed by atoms with Crippen LogP contribution in [0.3, 0.4) is 0 Å². The second-order valence-corrected chi connectivity index (χ2v) is 5.75. The lowest BCUT2D eigenvalue weighted by Crippen LogP contribution is -2.48. The van der Waals surface area contributed by atoms with Crippen molar-refractivity contribution >= 4 is 0 Å². The first kappa shape index (κ1) is 14.4. The number of hydrogen-bond donors (Lipinski definition) is 1. The van der Waals surface area contributed by atoms with Gasteiger partial charge in [0.1, 0.15) is 0 Å². The molecule has 1 aromatic rings. The van der Waals surface area contributed by atoms with Gasteiger partial charge in [-0.15, -0.1) is 0 Å². The molecule has 0 aliphatic carbocycles. The van der Waals surface area contributed by atoms with Crippen LogP contribution >= 0.6 is 0 Å². The summed E-state index contributed by atoms with van der Waals surface area (Å²) < 4.78 is 0. The Morgan fingerprint density at radius 3 is 2.95 bits per heavy atom. The number of nitrogens with zero attached hydrogens (tertiary/aromatic N) is 3. The fraction of sp³-hybridized carbons (Fsp3) is 0.667. The van der Waals surface area contributed by atoms with Crippen LogP contribution in [0.5, 0.6) is 0 Å². The first-order valence-electron chi connectivity index (χ1n) is 7.18. The molecule has 0 spiro atoms. The molecule has 1 saturated heterocycles. The van der Waals surface area contributed by atoms with Crippen molar-refractivity contribution in [3.63, 3.8) is 0 Å². The van der Waals surface area contributed by atoms with Crippen LogP contribution in [0.1, 0.15) is 19.0 Å². The fourth-order valence-corrected chi connectivity index (χ4v) is 2.78. The van der Waals surface area contributed by atoms with Crippen LogP contribution in [-0.4, -0.2) is 60.6 Å². The van der Waals surface area contributed by atoms with Crippen molar-refractivity contribution in [2.45, 2.75) is 32.0 Å².